The van der Waals surface area contributed by atoms with E-state index in [2.05, 4.69) is 20.0 Å². The summed E-state index contributed by atoms with van der Waals surface area (Å²) in [6.07, 6.45) is 4.00. The van der Waals surface area contributed by atoms with Gasteiger partial charge in [-0.25, -0.2) is 9.78 Å². The number of hydrogen-bond donors (Lipinski definition) is 1. The summed E-state index contributed by atoms with van der Waals surface area (Å²) in [4.78, 5) is 30.9. The number of esters is 1. The van der Waals surface area contributed by atoms with Gasteiger partial charge in [0, 0.05) is 36.3 Å². The molecule has 110 valence electrons. The maximum atomic E-state index is 11.3. The lowest BCUT2D eigenvalue weighted by Gasteiger charge is -2.02. The number of rotatable bonds is 5. The van der Waals surface area contributed by atoms with Crippen molar-refractivity contribution in [3.8, 4) is 11.3 Å². The number of amides is 1. The first kappa shape index (κ1) is 15.1. The molecule has 0 saturated heterocycles. The van der Waals surface area contributed by atoms with Crippen molar-refractivity contribution in [2.24, 2.45) is 0 Å². The molecule has 0 aliphatic heterocycles. The molecule has 0 aliphatic rings. The molecule has 2 rings (SSSR count). The monoisotopic (exact) mass is 305 g/mol. The van der Waals surface area contributed by atoms with Crippen molar-refractivity contribution in [1.82, 2.24) is 15.3 Å². The van der Waals surface area contributed by atoms with Crippen molar-refractivity contribution in [2.45, 2.75) is 13.3 Å². The number of carbonyl (C=O) groups is 2. The van der Waals surface area contributed by atoms with E-state index in [1.165, 1.54) is 11.3 Å². The van der Waals surface area contributed by atoms with E-state index in [9.17, 15) is 9.59 Å². The van der Waals surface area contributed by atoms with Crippen LogP contribution in [0.1, 0.15) is 11.9 Å². The van der Waals surface area contributed by atoms with Gasteiger partial charge in [0.15, 0.2) is 0 Å². The number of nitrogens with zero attached hydrogens (tertiary/aromatic N) is 2. The zero-order valence-corrected chi connectivity index (χ0v) is 12.4. The van der Waals surface area contributed by atoms with Crippen LogP contribution in [-0.2, 0) is 20.7 Å². The molecular weight excluding hydrogens is 290 g/mol. The largest absolute Gasteiger partial charge is 0.459 e. The number of nitrogens with one attached hydrogen (secondary N) is 1. The van der Waals surface area contributed by atoms with Crippen molar-refractivity contribution < 1.29 is 14.3 Å². The molecule has 0 radical (unpaired) electrons. The molecule has 1 amide bonds. The second-order valence-electron chi connectivity index (χ2n) is 4.09. The summed E-state index contributed by atoms with van der Waals surface area (Å²) in [5.41, 5.74) is 1.89. The fraction of sp³-hybridized carbons (Fsp3) is 0.286. The van der Waals surface area contributed by atoms with Gasteiger partial charge in [0.25, 0.3) is 0 Å². The molecule has 1 N–H and O–H groups in total. The number of hydrogen-bond acceptors (Lipinski definition) is 6. The first-order valence-electron chi connectivity index (χ1n) is 6.50. The van der Waals surface area contributed by atoms with Crippen molar-refractivity contribution in [1.29, 1.82) is 0 Å². The first-order chi connectivity index (χ1) is 10.2. The minimum atomic E-state index is -0.853. The molecule has 0 aromatic carbocycles. The van der Waals surface area contributed by atoms with Crippen LogP contribution in [0.3, 0.4) is 0 Å². The van der Waals surface area contributed by atoms with E-state index in [0.29, 0.717) is 13.0 Å². The van der Waals surface area contributed by atoms with Crippen molar-refractivity contribution in [3.63, 3.8) is 0 Å². The van der Waals surface area contributed by atoms with Crippen LogP contribution in [0.15, 0.2) is 29.9 Å². The van der Waals surface area contributed by atoms with Crippen molar-refractivity contribution in [3.05, 3.63) is 34.9 Å². The highest BCUT2D eigenvalue weighted by Gasteiger charge is 2.13. The van der Waals surface area contributed by atoms with Crippen LogP contribution in [0.5, 0.6) is 0 Å². The maximum absolute atomic E-state index is 11.3. The van der Waals surface area contributed by atoms with Crippen LogP contribution in [-0.4, -0.2) is 35.0 Å². The number of carbonyl (C=O) groups excluding carboxylic acids is 2. The van der Waals surface area contributed by atoms with E-state index in [-0.39, 0.29) is 6.61 Å². The Labute approximate surface area is 126 Å². The van der Waals surface area contributed by atoms with Crippen molar-refractivity contribution >= 4 is 23.2 Å². The van der Waals surface area contributed by atoms with Gasteiger partial charge in [0.2, 0.25) is 0 Å². The molecule has 0 bridgehead atoms. The van der Waals surface area contributed by atoms with E-state index >= 15 is 0 Å². The fourth-order valence-corrected chi connectivity index (χ4v) is 2.44. The minimum Gasteiger partial charge on any atom is -0.459 e. The molecule has 0 atom stereocenters. The average Bonchev–Trinajstić information content (AvgIpc) is 2.97. The lowest BCUT2D eigenvalue weighted by atomic mass is 10.2. The third-order valence-corrected chi connectivity index (χ3v) is 3.52. The van der Waals surface area contributed by atoms with Crippen LogP contribution >= 0.6 is 11.3 Å². The molecule has 2 heterocycles. The molecule has 0 spiro atoms. The Morgan fingerprint density at radius 2 is 2.10 bits per heavy atom. The second kappa shape index (κ2) is 7.49. The zero-order valence-electron chi connectivity index (χ0n) is 11.5. The van der Waals surface area contributed by atoms with Gasteiger partial charge in [-0.15, -0.1) is 11.3 Å². The van der Waals surface area contributed by atoms with E-state index in [1.54, 1.807) is 19.3 Å². The Hall–Kier alpha value is -2.28. The number of ether oxygens (including phenoxy) is 1. The van der Waals surface area contributed by atoms with Crippen LogP contribution < -0.4 is 5.32 Å². The highest BCUT2D eigenvalue weighted by atomic mass is 32.1. The lowest BCUT2D eigenvalue weighted by Crippen LogP contribution is -2.33. The quantitative estimate of drug-likeness (QED) is 0.667. The van der Waals surface area contributed by atoms with E-state index in [4.69, 9.17) is 0 Å². The molecule has 0 saturated carbocycles. The minimum absolute atomic E-state index is 0.189. The summed E-state index contributed by atoms with van der Waals surface area (Å²) in [6, 6.07) is 3.78. The van der Waals surface area contributed by atoms with Gasteiger partial charge in [-0.1, -0.05) is 0 Å². The van der Waals surface area contributed by atoms with E-state index < -0.39 is 11.9 Å². The number of pyridine rings is 1. The average molecular weight is 305 g/mol. The standard InChI is InChI=1S/C14H15N3O3S/c1-2-20-14(19)13(18)16-8-5-12-17-11(9-21-12)10-3-6-15-7-4-10/h3-4,6-7,9H,2,5,8H2,1H3,(H,16,18). The smallest absolute Gasteiger partial charge is 0.396 e. The Bertz CT molecular complexity index is 613. The van der Waals surface area contributed by atoms with E-state index in [1.807, 2.05) is 17.5 Å². The highest BCUT2D eigenvalue weighted by molar-refractivity contribution is 7.09. The third-order valence-electron chi connectivity index (χ3n) is 2.61. The summed E-state index contributed by atoms with van der Waals surface area (Å²) in [6.45, 7) is 2.19. The van der Waals surface area contributed by atoms with Crippen LogP contribution in [0, 0.1) is 0 Å². The Morgan fingerprint density at radius 1 is 1.33 bits per heavy atom. The van der Waals surface area contributed by atoms with Crippen LogP contribution in [0.2, 0.25) is 0 Å². The maximum Gasteiger partial charge on any atom is 0.396 e. The lowest BCUT2D eigenvalue weighted by molar-refractivity contribution is -0.154. The molecule has 21 heavy (non-hydrogen) atoms. The summed E-state index contributed by atoms with van der Waals surface area (Å²) < 4.78 is 4.60. The normalized spacial score (nSPS) is 10.1. The molecule has 0 aliphatic carbocycles. The van der Waals surface area contributed by atoms with E-state index in [0.717, 1.165) is 16.3 Å². The Morgan fingerprint density at radius 3 is 2.81 bits per heavy atom. The molecule has 7 heteroatoms. The Balaban J connectivity index is 1.84. The Kier molecular flexibility index (Phi) is 5.39. The molecule has 2 aromatic heterocycles. The van der Waals surface area contributed by atoms with Crippen LogP contribution in [0.4, 0.5) is 0 Å². The SMILES string of the molecule is CCOC(=O)C(=O)NCCc1nc(-c2ccncc2)cs1. The highest BCUT2D eigenvalue weighted by Crippen LogP contribution is 2.21. The predicted octanol–water partition coefficient (Wildman–Crippen LogP) is 1.43. The molecular formula is C14H15N3O3S. The topological polar surface area (TPSA) is 81.2 Å². The van der Waals surface area contributed by atoms with Gasteiger partial charge in [-0.2, -0.15) is 0 Å². The van der Waals surface area contributed by atoms with Gasteiger partial charge < -0.3 is 10.1 Å². The first-order valence-corrected chi connectivity index (χ1v) is 7.38. The summed E-state index contributed by atoms with van der Waals surface area (Å²) in [5.74, 6) is -1.57. The summed E-state index contributed by atoms with van der Waals surface area (Å²) >= 11 is 1.52. The zero-order chi connectivity index (χ0) is 15.1. The molecule has 2 aromatic rings. The molecule has 0 fully saturated rings. The summed E-state index contributed by atoms with van der Waals surface area (Å²) in [5, 5.41) is 5.36. The molecule has 6 nitrogen and oxygen atoms in total. The second-order valence-corrected chi connectivity index (χ2v) is 5.03. The van der Waals surface area contributed by atoms with Gasteiger partial charge in [-0.3, -0.25) is 9.78 Å². The van der Waals surface area contributed by atoms with Gasteiger partial charge >= 0.3 is 11.9 Å². The fourth-order valence-electron chi connectivity index (χ4n) is 1.63. The van der Waals surface area contributed by atoms with Gasteiger partial charge in [-0.05, 0) is 19.1 Å². The molecule has 0 unspecified atom stereocenters. The third kappa shape index (κ3) is 4.35. The predicted molar refractivity (Wildman–Crippen MR) is 78.7 cm³/mol. The van der Waals surface area contributed by atoms with Gasteiger partial charge in [0.05, 0.1) is 17.3 Å². The summed E-state index contributed by atoms with van der Waals surface area (Å²) in [7, 11) is 0. The number of aromatic nitrogens is 2. The van der Waals surface area contributed by atoms with Crippen LogP contribution in [0.25, 0.3) is 11.3 Å². The number of thiazole rings is 1. The van der Waals surface area contributed by atoms with Crippen molar-refractivity contribution in [2.75, 3.05) is 13.2 Å². The van der Waals surface area contributed by atoms with Gasteiger partial charge in [0.1, 0.15) is 0 Å².